The van der Waals surface area contributed by atoms with Gasteiger partial charge in [0.2, 0.25) is 0 Å². The van der Waals surface area contributed by atoms with Gasteiger partial charge in [0.1, 0.15) is 6.29 Å². The van der Waals surface area contributed by atoms with E-state index in [0.717, 1.165) is 6.29 Å². The molecule has 0 aromatic heterocycles. The molecular weight excluding hydrogens is 138 g/mol. The van der Waals surface area contributed by atoms with Gasteiger partial charge in [-0.15, -0.1) is 0 Å². The zero-order chi connectivity index (χ0) is 8.53. The van der Waals surface area contributed by atoms with E-state index in [4.69, 9.17) is 5.73 Å². The van der Waals surface area contributed by atoms with Crippen LogP contribution in [0.2, 0.25) is 0 Å². The Morgan fingerprint density at radius 1 is 1.36 bits per heavy atom. The number of hydrogen-bond acceptors (Lipinski definition) is 2. The van der Waals surface area contributed by atoms with Crippen molar-refractivity contribution in [3.63, 3.8) is 0 Å². The van der Waals surface area contributed by atoms with Crippen LogP contribution in [0.25, 0.3) is 0 Å². The zero-order valence-corrected chi connectivity index (χ0v) is 6.44. The van der Waals surface area contributed by atoms with Crippen LogP contribution in [0.3, 0.4) is 0 Å². The molecule has 0 fully saturated rings. The molecule has 0 spiro atoms. The molecule has 0 radical (unpaired) electrons. The minimum atomic E-state index is -0.372. The highest BCUT2D eigenvalue weighted by molar-refractivity contribution is 5.57. The lowest BCUT2D eigenvalue weighted by Crippen LogP contribution is -2.19. The topological polar surface area (TPSA) is 43.1 Å². The lowest BCUT2D eigenvalue weighted by Gasteiger charge is -1.94. The molecule has 1 atom stereocenters. The molecule has 0 saturated carbocycles. The first kappa shape index (κ1) is 9.85. The highest BCUT2D eigenvalue weighted by Gasteiger charge is 1.92. The fourth-order valence-corrected chi connectivity index (χ4v) is 0.513. The highest BCUT2D eigenvalue weighted by atomic mass is 16.1. The summed E-state index contributed by atoms with van der Waals surface area (Å²) in [6, 6.07) is -0.372. The van der Waals surface area contributed by atoms with Crippen molar-refractivity contribution in [2.75, 3.05) is 0 Å². The number of nitrogens with two attached hydrogens (primary N) is 1. The normalized spacial score (nSPS) is 13.9. The Morgan fingerprint density at radius 3 is 2.64 bits per heavy atom. The summed E-state index contributed by atoms with van der Waals surface area (Å²) < 4.78 is 0. The molecule has 0 aliphatic carbocycles. The smallest absolute Gasteiger partial charge is 0.136 e. The number of rotatable bonds is 5. The number of hydrogen-bond donors (Lipinski definition) is 1. The molecule has 0 aliphatic rings. The van der Waals surface area contributed by atoms with Gasteiger partial charge in [0.15, 0.2) is 0 Å². The molecule has 0 unspecified atom stereocenters. The summed E-state index contributed by atoms with van der Waals surface area (Å²) in [7, 11) is 0. The van der Waals surface area contributed by atoms with Gasteiger partial charge in [-0.25, -0.2) is 0 Å². The van der Waals surface area contributed by atoms with Crippen molar-refractivity contribution in [1.29, 1.82) is 0 Å². The molecule has 2 heteroatoms. The van der Waals surface area contributed by atoms with Crippen LogP contribution < -0.4 is 5.73 Å². The lowest BCUT2D eigenvalue weighted by atomic mass is 10.2. The molecule has 0 rings (SSSR count). The third kappa shape index (κ3) is 6.74. The van der Waals surface area contributed by atoms with E-state index in [1.54, 1.807) is 6.08 Å². The molecule has 0 aliphatic heterocycles. The van der Waals surface area contributed by atoms with Gasteiger partial charge in [0.05, 0.1) is 6.04 Å². The summed E-state index contributed by atoms with van der Waals surface area (Å²) in [6.45, 7) is 3.51. The molecule has 0 saturated heterocycles. The molecule has 0 aromatic carbocycles. The average molecular weight is 151 g/mol. The van der Waals surface area contributed by atoms with Crippen molar-refractivity contribution in [3.05, 3.63) is 37.0 Å². The van der Waals surface area contributed by atoms with Crippen LogP contribution in [0.15, 0.2) is 37.0 Å². The van der Waals surface area contributed by atoms with E-state index in [0.29, 0.717) is 6.42 Å². The molecular formula is C9H13NO. The average Bonchev–Trinajstić information content (AvgIpc) is 2.04. The Hall–Kier alpha value is -1.15. The third-order valence-corrected chi connectivity index (χ3v) is 1.08. The number of carbonyl (C=O) groups excluding carboxylic acids is 1. The van der Waals surface area contributed by atoms with Crippen LogP contribution in [0, 0.1) is 0 Å². The second-order valence-corrected chi connectivity index (χ2v) is 2.08. The summed E-state index contributed by atoms with van der Waals surface area (Å²) >= 11 is 0. The van der Waals surface area contributed by atoms with Crippen LogP contribution >= 0.6 is 0 Å². The van der Waals surface area contributed by atoms with Gasteiger partial charge in [-0.1, -0.05) is 37.0 Å². The van der Waals surface area contributed by atoms with Crippen LogP contribution in [-0.4, -0.2) is 12.3 Å². The molecule has 11 heavy (non-hydrogen) atoms. The van der Waals surface area contributed by atoms with E-state index in [9.17, 15) is 4.79 Å². The fourth-order valence-electron chi connectivity index (χ4n) is 0.513. The van der Waals surface area contributed by atoms with Gasteiger partial charge >= 0.3 is 0 Å². The van der Waals surface area contributed by atoms with Crippen molar-refractivity contribution in [3.8, 4) is 0 Å². The van der Waals surface area contributed by atoms with Gasteiger partial charge in [-0.3, -0.25) is 0 Å². The Labute approximate surface area is 67.1 Å². The summed E-state index contributed by atoms with van der Waals surface area (Å²) in [5.41, 5.74) is 5.32. The second kappa shape index (κ2) is 6.96. The molecule has 2 N–H and O–H groups in total. The lowest BCUT2D eigenvalue weighted by molar-refractivity contribution is -0.108. The van der Waals surface area contributed by atoms with Crippen molar-refractivity contribution in [1.82, 2.24) is 0 Å². The van der Waals surface area contributed by atoms with E-state index in [-0.39, 0.29) is 6.04 Å². The first-order valence-corrected chi connectivity index (χ1v) is 3.46. The van der Waals surface area contributed by atoms with E-state index < -0.39 is 0 Å². The monoisotopic (exact) mass is 151 g/mol. The van der Waals surface area contributed by atoms with Crippen LogP contribution in [-0.2, 0) is 4.79 Å². The van der Waals surface area contributed by atoms with Crippen molar-refractivity contribution < 1.29 is 4.79 Å². The van der Waals surface area contributed by atoms with Crippen molar-refractivity contribution >= 4 is 6.29 Å². The quantitative estimate of drug-likeness (QED) is 0.474. The fraction of sp³-hybridized carbons (Fsp3) is 0.222. The summed E-state index contributed by atoms with van der Waals surface area (Å²) in [5, 5.41) is 0. The maximum atomic E-state index is 10.0. The molecule has 2 nitrogen and oxygen atoms in total. The Morgan fingerprint density at radius 2 is 2.09 bits per heavy atom. The molecule has 0 bridgehead atoms. The van der Waals surface area contributed by atoms with Gasteiger partial charge in [0, 0.05) is 0 Å². The maximum absolute atomic E-state index is 10.0. The van der Waals surface area contributed by atoms with Crippen molar-refractivity contribution in [2.45, 2.75) is 12.5 Å². The first-order valence-electron chi connectivity index (χ1n) is 3.46. The molecule has 0 amide bonds. The summed E-state index contributed by atoms with van der Waals surface area (Å²) in [6.07, 6.45) is 10.3. The summed E-state index contributed by atoms with van der Waals surface area (Å²) in [5.74, 6) is 0. The van der Waals surface area contributed by atoms with Gasteiger partial charge in [-0.2, -0.15) is 0 Å². The van der Waals surface area contributed by atoms with Gasteiger partial charge in [-0.05, 0) is 6.42 Å². The third-order valence-electron chi connectivity index (χ3n) is 1.08. The van der Waals surface area contributed by atoms with E-state index in [1.807, 2.05) is 24.3 Å². The number of aldehydes is 1. The van der Waals surface area contributed by atoms with Crippen molar-refractivity contribution in [2.24, 2.45) is 5.73 Å². The minimum absolute atomic E-state index is 0.372. The van der Waals surface area contributed by atoms with Crippen LogP contribution in [0.4, 0.5) is 0 Å². The van der Waals surface area contributed by atoms with E-state index in [2.05, 4.69) is 6.58 Å². The predicted molar refractivity (Wildman–Crippen MR) is 47.1 cm³/mol. The Bertz CT molecular complexity index is 170. The van der Waals surface area contributed by atoms with E-state index >= 15 is 0 Å². The SMILES string of the molecule is C=C/C=C\C=C\C[C@H](N)C=O. The zero-order valence-electron chi connectivity index (χ0n) is 6.44. The Kier molecular flexibility index (Phi) is 6.24. The molecule has 0 aromatic rings. The van der Waals surface area contributed by atoms with Gasteiger partial charge < -0.3 is 10.5 Å². The minimum Gasteiger partial charge on any atom is -0.321 e. The molecule has 0 heterocycles. The van der Waals surface area contributed by atoms with E-state index in [1.165, 1.54) is 0 Å². The molecule has 60 valence electrons. The summed E-state index contributed by atoms with van der Waals surface area (Å²) in [4.78, 5) is 10.0. The largest absolute Gasteiger partial charge is 0.321 e. The van der Waals surface area contributed by atoms with Crippen LogP contribution in [0.1, 0.15) is 6.42 Å². The van der Waals surface area contributed by atoms with Gasteiger partial charge in [0.25, 0.3) is 0 Å². The van der Waals surface area contributed by atoms with Crippen LogP contribution in [0.5, 0.6) is 0 Å². The predicted octanol–water partition coefficient (Wildman–Crippen LogP) is 1.20. The first-order chi connectivity index (χ1) is 5.31. The number of allylic oxidation sites excluding steroid dienone is 4. The highest BCUT2D eigenvalue weighted by Crippen LogP contribution is 1.87. The Balaban J connectivity index is 3.51. The standard InChI is InChI=1S/C9H13NO/c1-2-3-4-5-6-7-9(10)8-11/h2-6,8-9H,1,7,10H2/b4-3-,6-5+/t9-/m0/s1. The second-order valence-electron chi connectivity index (χ2n) is 2.08. The maximum Gasteiger partial charge on any atom is 0.136 e. The number of carbonyl (C=O) groups is 1.